The van der Waals surface area contributed by atoms with Crippen LogP contribution in [0.2, 0.25) is 0 Å². The van der Waals surface area contributed by atoms with Gasteiger partial charge in [-0.05, 0) is 44.0 Å². The van der Waals surface area contributed by atoms with Crippen LogP contribution in [0.5, 0.6) is 0 Å². The Bertz CT molecular complexity index is 819. The van der Waals surface area contributed by atoms with Gasteiger partial charge in [-0.3, -0.25) is 10.1 Å². The van der Waals surface area contributed by atoms with E-state index in [0.717, 1.165) is 11.1 Å². The number of ether oxygens (including phenoxy) is 2. The number of urea groups is 1. The molecule has 0 aliphatic carbocycles. The summed E-state index contributed by atoms with van der Waals surface area (Å²) >= 11 is 0. The van der Waals surface area contributed by atoms with E-state index in [9.17, 15) is 14.4 Å². The maximum atomic E-state index is 12.2. The topological polar surface area (TPSA) is 93.7 Å². The molecule has 0 bridgehead atoms. The summed E-state index contributed by atoms with van der Waals surface area (Å²) in [5.41, 5.74) is 2.14. The molecule has 1 atom stereocenters. The number of esters is 1. The first-order valence-electron chi connectivity index (χ1n) is 9.39. The lowest BCUT2D eigenvalue weighted by Crippen LogP contribution is -2.44. The van der Waals surface area contributed by atoms with Crippen molar-refractivity contribution in [2.45, 2.75) is 46.1 Å². The molecule has 0 saturated carbocycles. The Morgan fingerprint density at radius 1 is 0.897 bits per heavy atom. The fourth-order valence-corrected chi connectivity index (χ4v) is 2.32. The maximum absolute atomic E-state index is 12.2. The molecular formula is C22H26N2O5. The summed E-state index contributed by atoms with van der Waals surface area (Å²) in [6, 6.07) is 15.4. The third-order valence-corrected chi connectivity index (χ3v) is 3.96. The van der Waals surface area contributed by atoms with Gasteiger partial charge in [0, 0.05) is 6.54 Å². The van der Waals surface area contributed by atoms with E-state index in [2.05, 4.69) is 10.6 Å². The van der Waals surface area contributed by atoms with E-state index >= 15 is 0 Å². The first-order valence-corrected chi connectivity index (χ1v) is 9.39. The highest BCUT2D eigenvalue weighted by Gasteiger charge is 2.20. The van der Waals surface area contributed by atoms with Crippen molar-refractivity contribution in [1.29, 1.82) is 0 Å². The monoisotopic (exact) mass is 398 g/mol. The Kier molecular flexibility index (Phi) is 8.36. The highest BCUT2D eigenvalue weighted by molar-refractivity contribution is 5.98. The van der Waals surface area contributed by atoms with Crippen LogP contribution in [0.4, 0.5) is 4.79 Å². The zero-order chi connectivity index (χ0) is 21.2. The van der Waals surface area contributed by atoms with Gasteiger partial charge in [0.25, 0.3) is 5.91 Å². The second kappa shape index (κ2) is 11.0. The molecule has 0 unspecified atom stereocenters. The zero-order valence-electron chi connectivity index (χ0n) is 16.8. The van der Waals surface area contributed by atoms with Gasteiger partial charge in [-0.1, -0.05) is 42.5 Å². The molecule has 2 rings (SSSR count). The van der Waals surface area contributed by atoms with E-state index in [-0.39, 0.29) is 12.6 Å². The summed E-state index contributed by atoms with van der Waals surface area (Å²) in [6.45, 7) is 6.02. The second-order valence-electron chi connectivity index (χ2n) is 6.76. The van der Waals surface area contributed by atoms with Crippen LogP contribution in [0.1, 0.15) is 42.3 Å². The molecule has 0 aliphatic rings. The van der Waals surface area contributed by atoms with E-state index in [1.54, 1.807) is 24.3 Å². The molecule has 0 saturated heterocycles. The molecule has 154 valence electrons. The predicted molar refractivity (Wildman–Crippen MR) is 108 cm³/mol. The summed E-state index contributed by atoms with van der Waals surface area (Å²) in [5.74, 6) is -1.35. The molecule has 2 aromatic rings. The Balaban J connectivity index is 1.79. The number of carbonyl (C=O) groups excluding carboxylic acids is 3. The minimum Gasteiger partial charge on any atom is -0.449 e. The van der Waals surface area contributed by atoms with Crippen LogP contribution in [0.15, 0.2) is 54.6 Å². The number of imide groups is 1. The van der Waals surface area contributed by atoms with Gasteiger partial charge in [-0.25, -0.2) is 9.59 Å². The van der Waals surface area contributed by atoms with Crippen molar-refractivity contribution in [2.24, 2.45) is 0 Å². The van der Waals surface area contributed by atoms with E-state index < -0.39 is 24.0 Å². The molecule has 0 heterocycles. The molecular weight excluding hydrogens is 372 g/mol. The number of rotatable bonds is 8. The summed E-state index contributed by atoms with van der Waals surface area (Å²) in [6.07, 6.45) is -1.00. The Labute approximate surface area is 170 Å². The molecule has 0 spiro atoms. The fourth-order valence-electron chi connectivity index (χ4n) is 2.32. The van der Waals surface area contributed by atoms with E-state index in [4.69, 9.17) is 9.47 Å². The van der Waals surface area contributed by atoms with Crippen molar-refractivity contribution >= 4 is 17.9 Å². The first kappa shape index (κ1) is 22.1. The van der Waals surface area contributed by atoms with E-state index in [0.29, 0.717) is 12.2 Å². The van der Waals surface area contributed by atoms with Crippen molar-refractivity contribution in [3.8, 4) is 0 Å². The Morgan fingerprint density at radius 3 is 2.17 bits per heavy atom. The second-order valence-corrected chi connectivity index (χ2v) is 6.76. The average Bonchev–Trinajstić information content (AvgIpc) is 2.71. The van der Waals surface area contributed by atoms with Crippen LogP contribution in [0, 0.1) is 0 Å². The molecule has 0 radical (unpaired) electrons. The summed E-state index contributed by atoms with van der Waals surface area (Å²) in [4.78, 5) is 36.1. The van der Waals surface area contributed by atoms with Crippen molar-refractivity contribution in [3.63, 3.8) is 0 Å². The van der Waals surface area contributed by atoms with Crippen LogP contribution in [0.25, 0.3) is 0 Å². The molecule has 0 fully saturated rings. The first-order chi connectivity index (χ1) is 13.8. The molecule has 0 aliphatic heterocycles. The van der Waals surface area contributed by atoms with Crippen LogP contribution in [-0.2, 0) is 27.4 Å². The maximum Gasteiger partial charge on any atom is 0.338 e. The van der Waals surface area contributed by atoms with Gasteiger partial charge >= 0.3 is 12.0 Å². The molecule has 29 heavy (non-hydrogen) atoms. The van der Waals surface area contributed by atoms with Crippen LogP contribution < -0.4 is 10.6 Å². The lowest BCUT2D eigenvalue weighted by Gasteiger charge is -2.14. The van der Waals surface area contributed by atoms with Gasteiger partial charge < -0.3 is 14.8 Å². The van der Waals surface area contributed by atoms with Crippen molar-refractivity contribution < 1.29 is 23.9 Å². The van der Waals surface area contributed by atoms with Crippen LogP contribution in [-0.4, -0.2) is 30.1 Å². The highest BCUT2D eigenvalue weighted by Crippen LogP contribution is 2.09. The fraction of sp³-hybridized carbons (Fsp3) is 0.318. The zero-order valence-corrected chi connectivity index (χ0v) is 16.8. The van der Waals surface area contributed by atoms with Gasteiger partial charge in [-0.2, -0.15) is 0 Å². The van der Waals surface area contributed by atoms with Crippen LogP contribution in [0.3, 0.4) is 0 Å². The SMILES string of the molecule is CC(C)OCc1ccc(C(=O)O[C@H](C)C(=O)NC(=O)NCc2ccccc2)cc1. The number of carbonyl (C=O) groups is 3. The number of hydrogen-bond donors (Lipinski definition) is 2. The van der Waals surface area contributed by atoms with E-state index in [1.165, 1.54) is 6.92 Å². The molecule has 3 amide bonds. The number of amides is 3. The standard InChI is InChI=1S/C22H26N2O5/c1-15(2)28-14-18-9-11-19(12-10-18)21(26)29-16(3)20(25)24-22(27)23-13-17-7-5-4-6-8-17/h4-12,15-16H,13-14H2,1-3H3,(H2,23,24,25,27)/t16-/m1/s1. The largest absolute Gasteiger partial charge is 0.449 e. The van der Waals surface area contributed by atoms with Gasteiger partial charge in [0.1, 0.15) is 0 Å². The van der Waals surface area contributed by atoms with Gasteiger partial charge in [0.15, 0.2) is 6.10 Å². The Morgan fingerprint density at radius 2 is 1.55 bits per heavy atom. The lowest BCUT2D eigenvalue weighted by atomic mass is 10.1. The molecule has 7 heteroatoms. The summed E-state index contributed by atoms with van der Waals surface area (Å²) < 4.78 is 10.6. The lowest BCUT2D eigenvalue weighted by molar-refractivity contribution is -0.127. The third kappa shape index (κ3) is 7.75. The van der Waals surface area contributed by atoms with E-state index in [1.807, 2.05) is 44.2 Å². The van der Waals surface area contributed by atoms with Gasteiger partial charge in [-0.15, -0.1) is 0 Å². The minimum absolute atomic E-state index is 0.115. The summed E-state index contributed by atoms with van der Waals surface area (Å²) in [7, 11) is 0. The normalized spacial score (nSPS) is 11.6. The van der Waals surface area contributed by atoms with Crippen LogP contribution >= 0.6 is 0 Å². The van der Waals surface area contributed by atoms with Gasteiger partial charge in [0.2, 0.25) is 0 Å². The third-order valence-electron chi connectivity index (χ3n) is 3.96. The van der Waals surface area contributed by atoms with Crippen molar-refractivity contribution in [2.75, 3.05) is 0 Å². The van der Waals surface area contributed by atoms with Crippen molar-refractivity contribution in [1.82, 2.24) is 10.6 Å². The smallest absolute Gasteiger partial charge is 0.338 e. The average molecular weight is 398 g/mol. The van der Waals surface area contributed by atoms with Crippen molar-refractivity contribution in [3.05, 3.63) is 71.3 Å². The number of benzene rings is 2. The summed E-state index contributed by atoms with van der Waals surface area (Å²) in [5, 5.41) is 4.73. The Hall–Kier alpha value is -3.19. The minimum atomic E-state index is -1.12. The predicted octanol–water partition coefficient (Wildman–Crippen LogP) is 3.18. The quantitative estimate of drug-likeness (QED) is 0.666. The molecule has 2 N–H and O–H groups in total. The highest BCUT2D eigenvalue weighted by atomic mass is 16.5. The number of nitrogens with one attached hydrogen (secondary N) is 2. The molecule has 2 aromatic carbocycles. The molecule has 0 aromatic heterocycles. The van der Waals surface area contributed by atoms with Gasteiger partial charge in [0.05, 0.1) is 18.3 Å². The molecule has 7 nitrogen and oxygen atoms in total. The number of hydrogen-bond acceptors (Lipinski definition) is 5.